The number of hydrogen-bond acceptors (Lipinski definition) is 2. The number of ether oxygens (including phenoxy) is 1. The van der Waals surface area contributed by atoms with E-state index in [-0.39, 0.29) is 6.10 Å². The molecule has 1 N–H and O–H groups in total. The van der Waals surface area contributed by atoms with Crippen molar-refractivity contribution in [1.82, 2.24) is 0 Å². The maximum absolute atomic E-state index is 9.04. The van der Waals surface area contributed by atoms with Crippen molar-refractivity contribution in [2.45, 2.75) is 26.4 Å². The lowest BCUT2D eigenvalue weighted by atomic mass is 10.1. The Morgan fingerprint density at radius 2 is 1.85 bits per heavy atom. The van der Waals surface area contributed by atoms with Crippen LogP contribution in [0.2, 0.25) is 0 Å². The summed E-state index contributed by atoms with van der Waals surface area (Å²) in [5.41, 5.74) is 1.19. The molecule has 13 heavy (non-hydrogen) atoms. The predicted molar refractivity (Wildman–Crippen MR) is 52.9 cm³/mol. The first-order valence-corrected chi connectivity index (χ1v) is 4.58. The van der Waals surface area contributed by atoms with E-state index in [1.807, 2.05) is 26.0 Å². The van der Waals surface area contributed by atoms with E-state index in [4.69, 9.17) is 9.84 Å². The van der Waals surface area contributed by atoms with Gasteiger partial charge >= 0.3 is 0 Å². The Morgan fingerprint density at radius 1 is 1.23 bits per heavy atom. The zero-order chi connectivity index (χ0) is 9.68. The fourth-order valence-electron chi connectivity index (χ4n) is 1.08. The van der Waals surface area contributed by atoms with Crippen molar-refractivity contribution >= 4 is 0 Å². The van der Waals surface area contributed by atoms with Crippen molar-refractivity contribution in [3.05, 3.63) is 29.8 Å². The summed E-state index contributed by atoms with van der Waals surface area (Å²) >= 11 is 0. The lowest BCUT2D eigenvalue weighted by molar-refractivity contribution is 0.0813. The molecule has 0 aromatic heterocycles. The standard InChI is InChI=1S/C11H16O2/c1-9(2)13-8-7-10-3-5-11(12)6-4-10/h3-6,9,12H,7-8H2,1-2H3. The zero-order valence-corrected chi connectivity index (χ0v) is 8.16. The van der Waals surface area contributed by atoms with Crippen molar-refractivity contribution < 1.29 is 9.84 Å². The molecule has 1 aromatic carbocycles. The van der Waals surface area contributed by atoms with Crippen LogP contribution in [0.15, 0.2) is 24.3 Å². The monoisotopic (exact) mass is 180 g/mol. The van der Waals surface area contributed by atoms with Gasteiger partial charge in [0.05, 0.1) is 12.7 Å². The molecular formula is C11H16O2. The van der Waals surface area contributed by atoms with Gasteiger partial charge in [-0.2, -0.15) is 0 Å². The first-order valence-electron chi connectivity index (χ1n) is 4.58. The molecule has 0 spiro atoms. The molecule has 0 amide bonds. The average Bonchev–Trinajstić information content (AvgIpc) is 2.08. The van der Waals surface area contributed by atoms with Crippen molar-refractivity contribution in [3.8, 4) is 5.75 Å². The quantitative estimate of drug-likeness (QED) is 0.770. The van der Waals surface area contributed by atoms with E-state index >= 15 is 0 Å². The molecule has 0 radical (unpaired) electrons. The summed E-state index contributed by atoms with van der Waals surface area (Å²) in [6.07, 6.45) is 1.19. The summed E-state index contributed by atoms with van der Waals surface area (Å²) < 4.78 is 5.41. The van der Waals surface area contributed by atoms with Crippen LogP contribution in [0.1, 0.15) is 19.4 Å². The largest absolute Gasteiger partial charge is 0.508 e. The molecule has 2 nitrogen and oxygen atoms in total. The number of aromatic hydroxyl groups is 1. The zero-order valence-electron chi connectivity index (χ0n) is 8.16. The Balaban J connectivity index is 2.33. The topological polar surface area (TPSA) is 29.5 Å². The van der Waals surface area contributed by atoms with Crippen LogP contribution in [0.25, 0.3) is 0 Å². The summed E-state index contributed by atoms with van der Waals surface area (Å²) in [6, 6.07) is 7.23. The Kier molecular flexibility index (Phi) is 3.77. The van der Waals surface area contributed by atoms with Gasteiger partial charge in [0, 0.05) is 0 Å². The Bertz CT molecular complexity index is 239. The van der Waals surface area contributed by atoms with E-state index in [2.05, 4.69) is 0 Å². The van der Waals surface area contributed by atoms with Crippen molar-refractivity contribution in [3.63, 3.8) is 0 Å². The molecule has 0 aliphatic rings. The highest BCUT2D eigenvalue weighted by Gasteiger charge is 1.95. The molecule has 0 aliphatic carbocycles. The van der Waals surface area contributed by atoms with Gasteiger partial charge in [0.25, 0.3) is 0 Å². The third kappa shape index (κ3) is 3.95. The van der Waals surface area contributed by atoms with E-state index in [0.29, 0.717) is 5.75 Å². The van der Waals surface area contributed by atoms with Crippen molar-refractivity contribution in [2.75, 3.05) is 6.61 Å². The molecule has 0 saturated carbocycles. The number of phenols is 1. The van der Waals surface area contributed by atoms with Crippen LogP contribution in [-0.2, 0) is 11.2 Å². The number of benzene rings is 1. The number of phenolic OH excluding ortho intramolecular Hbond substituents is 1. The van der Waals surface area contributed by atoms with Gasteiger partial charge in [-0.1, -0.05) is 12.1 Å². The molecule has 0 fully saturated rings. The minimum atomic E-state index is 0.289. The van der Waals surface area contributed by atoms with Crippen LogP contribution >= 0.6 is 0 Å². The SMILES string of the molecule is CC(C)OCCc1ccc(O)cc1. The second kappa shape index (κ2) is 4.87. The summed E-state index contributed by atoms with van der Waals surface area (Å²) in [7, 11) is 0. The maximum atomic E-state index is 9.04. The molecule has 1 aromatic rings. The molecule has 0 unspecified atom stereocenters. The van der Waals surface area contributed by atoms with Crippen LogP contribution in [0.5, 0.6) is 5.75 Å². The molecule has 0 bridgehead atoms. The van der Waals surface area contributed by atoms with E-state index in [9.17, 15) is 0 Å². The molecular weight excluding hydrogens is 164 g/mol. The first kappa shape index (κ1) is 10.1. The molecule has 1 rings (SSSR count). The Labute approximate surface area is 79.2 Å². The third-order valence-electron chi connectivity index (χ3n) is 1.78. The summed E-state index contributed by atoms with van der Waals surface area (Å²) in [5, 5.41) is 9.04. The van der Waals surface area contributed by atoms with Gasteiger partial charge < -0.3 is 9.84 Å². The normalized spacial score (nSPS) is 10.7. The van der Waals surface area contributed by atoms with Crippen LogP contribution < -0.4 is 0 Å². The fraction of sp³-hybridized carbons (Fsp3) is 0.455. The minimum absolute atomic E-state index is 0.289. The van der Waals surface area contributed by atoms with E-state index < -0.39 is 0 Å². The lowest BCUT2D eigenvalue weighted by Crippen LogP contribution is -2.05. The third-order valence-corrected chi connectivity index (χ3v) is 1.78. The van der Waals surface area contributed by atoms with Crippen LogP contribution in [-0.4, -0.2) is 17.8 Å². The minimum Gasteiger partial charge on any atom is -0.508 e. The fourth-order valence-corrected chi connectivity index (χ4v) is 1.08. The maximum Gasteiger partial charge on any atom is 0.115 e. The Hall–Kier alpha value is -1.02. The van der Waals surface area contributed by atoms with Crippen molar-refractivity contribution in [2.24, 2.45) is 0 Å². The molecule has 2 heteroatoms. The number of hydrogen-bond donors (Lipinski definition) is 1. The first-order chi connectivity index (χ1) is 6.18. The highest BCUT2D eigenvalue weighted by molar-refractivity contribution is 5.25. The van der Waals surface area contributed by atoms with Gasteiger partial charge in [-0.3, -0.25) is 0 Å². The molecule has 72 valence electrons. The van der Waals surface area contributed by atoms with Gasteiger partial charge in [-0.15, -0.1) is 0 Å². The van der Waals surface area contributed by atoms with Gasteiger partial charge in [-0.05, 0) is 38.0 Å². The Morgan fingerprint density at radius 3 is 2.38 bits per heavy atom. The predicted octanol–water partition coefficient (Wildman–Crippen LogP) is 2.36. The summed E-state index contributed by atoms with van der Waals surface area (Å²) in [5.74, 6) is 0.313. The second-order valence-corrected chi connectivity index (χ2v) is 3.34. The second-order valence-electron chi connectivity index (χ2n) is 3.34. The number of rotatable bonds is 4. The van der Waals surface area contributed by atoms with Crippen LogP contribution in [0.3, 0.4) is 0 Å². The molecule has 0 aliphatic heterocycles. The smallest absolute Gasteiger partial charge is 0.115 e. The van der Waals surface area contributed by atoms with Crippen molar-refractivity contribution in [1.29, 1.82) is 0 Å². The van der Waals surface area contributed by atoms with Gasteiger partial charge in [0.1, 0.15) is 5.75 Å². The van der Waals surface area contributed by atoms with E-state index in [1.165, 1.54) is 5.56 Å². The van der Waals surface area contributed by atoms with E-state index in [0.717, 1.165) is 13.0 Å². The van der Waals surface area contributed by atoms with Crippen LogP contribution in [0, 0.1) is 0 Å². The van der Waals surface area contributed by atoms with Crippen LogP contribution in [0.4, 0.5) is 0 Å². The summed E-state index contributed by atoms with van der Waals surface area (Å²) in [4.78, 5) is 0. The van der Waals surface area contributed by atoms with Gasteiger partial charge in [0.2, 0.25) is 0 Å². The molecule has 0 atom stereocenters. The van der Waals surface area contributed by atoms with Gasteiger partial charge in [0.15, 0.2) is 0 Å². The van der Waals surface area contributed by atoms with E-state index in [1.54, 1.807) is 12.1 Å². The molecule has 0 saturated heterocycles. The lowest BCUT2D eigenvalue weighted by Gasteiger charge is -2.06. The average molecular weight is 180 g/mol. The molecule has 0 heterocycles. The highest BCUT2D eigenvalue weighted by atomic mass is 16.5. The van der Waals surface area contributed by atoms with Gasteiger partial charge in [-0.25, -0.2) is 0 Å². The highest BCUT2D eigenvalue weighted by Crippen LogP contribution is 2.10. The summed E-state index contributed by atoms with van der Waals surface area (Å²) in [6.45, 7) is 4.79.